The average Bonchev–Trinajstić information content (AvgIpc) is 2.76. The lowest BCUT2D eigenvalue weighted by molar-refractivity contribution is -0.383. The van der Waals surface area contributed by atoms with Gasteiger partial charge in [0.2, 0.25) is 0 Å². The van der Waals surface area contributed by atoms with Gasteiger partial charge in [-0.1, -0.05) is 11.6 Å². The van der Waals surface area contributed by atoms with Crippen molar-refractivity contribution in [3.63, 3.8) is 0 Å². The van der Waals surface area contributed by atoms with E-state index in [0.29, 0.717) is 10.9 Å². The summed E-state index contributed by atoms with van der Waals surface area (Å²) in [5.41, 5.74) is -1.91. The summed E-state index contributed by atoms with van der Waals surface area (Å²) in [4.78, 5) is 30.9. The zero-order valence-electron chi connectivity index (χ0n) is 15.6. The number of alkyl halides is 3. The molecule has 0 atom stereocenters. The van der Waals surface area contributed by atoms with Crippen LogP contribution < -0.4 is 10.3 Å². The van der Waals surface area contributed by atoms with E-state index in [9.17, 15) is 28.1 Å². The maximum Gasteiger partial charge on any atom is 0.417 e. The normalized spacial score (nSPS) is 11.5. The number of hydrogen-bond acceptors (Lipinski definition) is 7. The molecule has 0 amide bonds. The Labute approximate surface area is 180 Å². The Bertz CT molecular complexity index is 1410. The molecule has 0 fully saturated rings. The highest BCUT2D eigenvalue weighted by Crippen LogP contribution is 2.35. The van der Waals surface area contributed by atoms with Crippen molar-refractivity contribution in [1.29, 1.82) is 0 Å². The van der Waals surface area contributed by atoms with Gasteiger partial charge < -0.3 is 4.74 Å². The fraction of sp³-hybridized carbons (Fsp3) is 0.0526. The SMILES string of the molecule is O=c1c(Cl)c(Oc2ccc([N+](=O)[O-])c3cccnc23)cnn1-c1ccc(C(F)(F)F)cn1. The average molecular weight is 464 g/mol. The van der Waals surface area contributed by atoms with Gasteiger partial charge in [-0.15, -0.1) is 0 Å². The summed E-state index contributed by atoms with van der Waals surface area (Å²) < 4.78 is 44.4. The molecule has 0 N–H and O–H groups in total. The van der Waals surface area contributed by atoms with Crippen molar-refractivity contribution in [2.75, 3.05) is 0 Å². The van der Waals surface area contributed by atoms with Crippen molar-refractivity contribution in [3.05, 3.63) is 86.0 Å². The number of benzene rings is 1. The highest BCUT2D eigenvalue weighted by Gasteiger charge is 2.31. The van der Waals surface area contributed by atoms with Crippen LogP contribution in [0.15, 0.2) is 59.8 Å². The Balaban J connectivity index is 1.72. The minimum Gasteiger partial charge on any atom is -0.452 e. The van der Waals surface area contributed by atoms with Crippen LogP contribution in [0.25, 0.3) is 16.7 Å². The maximum atomic E-state index is 12.7. The highest BCUT2D eigenvalue weighted by molar-refractivity contribution is 6.31. The van der Waals surface area contributed by atoms with E-state index < -0.39 is 27.2 Å². The predicted molar refractivity (Wildman–Crippen MR) is 106 cm³/mol. The first kappa shape index (κ1) is 21.2. The number of fused-ring (bicyclic) bond motifs is 1. The molecule has 3 aromatic heterocycles. The fourth-order valence-corrected chi connectivity index (χ4v) is 2.99. The van der Waals surface area contributed by atoms with E-state index in [1.807, 2.05) is 0 Å². The van der Waals surface area contributed by atoms with E-state index in [1.54, 1.807) is 0 Å². The van der Waals surface area contributed by atoms with E-state index in [-0.39, 0.29) is 33.9 Å². The van der Waals surface area contributed by atoms with Crippen LogP contribution in [0.1, 0.15) is 5.56 Å². The standard InChI is InChI=1S/C19H9ClF3N5O4/c20-16-14(32-13-5-4-12(28(30)31)11-2-1-7-24-17(11)13)9-26-27(18(16)29)15-6-3-10(8-25-15)19(21,22)23/h1-9H. The van der Waals surface area contributed by atoms with Crippen molar-refractivity contribution in [1.82, 2.24) is 19.7 Å². The first-order valence-corrected chi connectivity index (χ1v) is 9.06. The first-order chi connectivity index (χ1) is 15.2. The van der Waals surface area contributed by atoms with Gasteiger partial charge in [0.05, 0.1) is 22.1 Å². The highest BCUT2D eigenvalue weighted by atomic mass is 35.5. The Morgan fingerprint density at radius 1 is 1.06 bits per heavy atom. The number of ether oxygens (including phenoxy) is 1. The molecule has 162 valence electrons. The Hall–Kier alpha value is -4.06. The second-order valence-electron chi connectivity index (χ2n) is 6.28. The van der Waals surface area contributed by atoms with Crippen molar-refractivity contribution in [2.45, 2.75) is 6.18 Å². The van der Waals surface area contributed by atoms with Gasteiger partial charge in [0, 0.05) is 18.5 Å². The lowest BCUT2D eigenvalue weighted by Crippen LogP contribution is -2.23. The summed E-state index contributed by atoms with van der Waals surface area (Å²) in [6.07, 6.45) is -1.54. The monoisotopic (exact) mass is 463 g/mol. The van der Waals surface area contributed by atoms with Gasteiger partial charge in [-0.25, -0.2) is 4.98 Å². The number of aromatic nitrogens is 4. The van der Waals surface area contributed by atoms with Crippen LogP contribution in [0.3, 0.4) is 0 Å². The number of halogens is 4. The molecule has 9 nitrogen and oxygen atoms in total. The number of nitro groups is 1. The molecule has 13 heteroatoms. The Morgan fingerprint density at radius 3 is 2.50 bits per heavy atom. The second-order valence-corrected chi connectivity index (χ2v) is 6.66. The largest absolute Gasteiger partial charge is 0.452 e. The van der Waals surface area contributed by atoms with Gasteiger partial charge in [-0.2, -0.15) is 23.0 Å². The third-order valence-electron chi connectivity index (χ3n) is 4.31. The predicted octanol–water partition coefficient (Wildman–Crippen LogP) is 4.55. The van der Waals surface area contributed by atoms with Gasteiger partial charge in [0.25, 0.3) is 11.2 Å². The van der Waals surface area contributed by atoms with Crippen molar-refractivity contribution in [3.8, 4) is 17.3 Å². The van der Waals surface area contributed by atoms with E-state index in [4.69, 9.17) is 16.3 Å². The molecule has 4 aromatic rings. The summed E-state index contributed by atoms with van der Waals surface area (Å²) >= 11 is 6.10. The minimum atomic E-state index is -4.58. The molecule has 32 heavy (non-hydrogen) atoms. The molecule has 1 aromatic carbocycles. The van der Waals surface area contributed by atoms with Crippen molar-refractivity contribution < 1.29 is 22.8 Å². The molecule has 0 radical (unpaired) electrons. The van der Waals surface area contributed by atoms with Gasteiger partial charge in [0.1, 0.15) is 5.52 Å². The summed E-state index contributed by atoms with van der Waals surface area (Å²) in [6, 6.07) is 7.25. The number of rotatable bonds is 4. The number of non-ortho nitro benzene ring substituents is 1. The summed E-state index contributed by atoms with van der Waals surface area (Å²) in [5.74, 6) is -0.278. The van der Waals surface area contributed by atoms with Crippen LogP contribution in [-0.4, -0.2) is 24.7 Å². The molecule has 0 aliphatic rings. The third kappa shape index (κ3) is 3.83. The third-order valence-corrected chi connectivity index (χ3v) is 4.65. The van der Waals surface area contributed by atoms with Crippen LogP contribution in [0, 0.1) is 10.1 Å². The lowest BCUT2D eigenvalue weighted by atomic mass is 10.1. The number of pyridine rings is 2. The smallest absolute Gasteiger partial charge is 0.417 e. The van der Waals surface area contributed by atoms with E-state index >= 15 is 0 Å². The molecule has 0 aliphatic carbocycles. The van der Waals surface area contributed by atoms with Gasteiger partial charge in [0.15, 0.2) is 22.3 Å². The summed E-state index contributed by atoms with van der Waals surface area (Å²) in [6.45, 7) is 0. The van der Waals surface area contributed by atoms with Crippen molar-refractivity contribution >= 4 is 28.2 Å². The first-order valence-electron chi connectivity index (χ1n) is 8.68. The van der Waals surface area contributed by atoms with Gasteiger partial charge in [-0.05, 0) is 30.3 Å². The van der Waals surface area contributed by atoms with E-state index in [1.165, 1.54) is 30.5 Å². The van der Waals surface area contributed by atoms with Gasteiger partial charge >= 0.3 is 6.18 Å². The molecule has 0 spiro atoms. The molecular weight excluding hydrogens is 455 g/mol. The zero-order valence-corrected chi connectivity index (χ0v) is 16.3. The van der Waals surface area contributed by atoms with Crippen LogP contribution >= 0.6 is 11.6 Å². The van der Waals surface area contributed by atoms with Crippen LogP contribution in [-0.2, 0) is 6.18 Å². The minimum absolute atomic E-state index is 0.0831. The number of nitrogens with zero attached hydrogens (tertiary/aromatic N) is 5. The van der Waals surface area contributed by atoms with Crippen LogP contribution in [0.5, 0.6) is 11.5 Å². The molecule has 4 rings (SSSR count). The lowest BCUT2D eigenvalue weighted by Gasteiger charge is -2.11. The summed E-state index contributed by atoms with van der Waals surface area (Å²) in [7, 11) is 0. The molecule has 0 aliphatic heterocycles. The molecule has 3 heterocycles. The Morgan fingerprint density at radius 2 is 1.84 bits per heavy atom. The molecule has 0 saturated carbocycles. The van der Waals surface area contributed by atoms with Crippen LogP contribution in [0.2, 0.25) is 5.02 Å². The topological polar surface area (TPSA) is 113 Å². The van der Waals surface area contributed by atoms with Gasteiger partial charge in [-0.3, -0.25) is 19.9 Å². The zero-order chi connectivity index (χ0) is 23.0. The number of nitro benzene ring substituents is 1. The van der Waals surface area contributed by atoms with Crippen molar-refractivity contribution in [2.24, 2.45) is 0 Å². The number of hydrogen-bond donors (Lipinski definition) is 0. The molecular formula is C19H9ClF3N5O4. The molecule has 0 bridgehead atoms. The van der Waals surface area contributed by atoms with E-state index in [0.717, 1.165) is 18.3 Å². The fourth-order valence-electron chi connectivity index (χ4n) is 2.82. The molecule has 0 saturated heterocycles. The quantitative estimate of drug-likeness (QED) is 0.322. The second kappa shape index (κ2) is 7.89. The van der Waals surface area contributed by atoms with Crippen LogP contribution in [0.4, 0.5) is 18.9 Å². The van der Waals surface area contributed by atoms with E-state index in [2.05, 4.69) is 15.1 Å². The maximum absolute atomic E-state index is 12.7. The summed E-state index contributed by atoms with van der Waals surface area (Å²) in [5, 5.41) is 14.9. The molecule has 0 unspecified atom stereocenters. The Kier molecular flexibility index (Phi) is 5.22.